The Bertz CT molecular complexity index is 914. The molecule has 1 N–H and O–H groups in total. The number of halogens is 3. The van der Waals surface area contributed by atoms with Crippen molar-refractivity contribution < 1.29 is 18.0 Å². The van der Waals surface area contributed by atoms with Crippen molar-refractivity contribution >= 4 is 17.6 Å². The monoisotopic (exact) mass is 346 g/mol. The van der Waals surface area contributed by atoms with Gasteiger partial charge in [-0.3, -0.25) is 9.20 Å². The van der Waals surface area contributed by atoms with Gasteiger partial charge in [0.15, 0.2) is 11.5 Å². The number of nitrogens with zero attached hydrogens (tertiary/aromatic N) is 3. The van der Waals surface area contributed by atoms with E-state index in [0.717, 1.165) is 12.1 Å². The molecule has 2 aromatic heterocycles. The molecule has 0 atom stereocenters. The zero-order chi connectivity index (χ0) is 17.9. The van der Waals surface area contributed by atoms with E-state index in [1.165, 1.54) is 24.3 Å². The van der Waals surface area contributed by atoms with Gasteiger partial charge in [-0.25, -0.2) is 0 Å². The SMILES string of the molecule is O=C(/C=C/c1ccc(C(F)(F)F)cc1)NCc1nnc2ccccn12. The zero-order valence-corrected chi connectivity index (χ0v) is 12.9. The summed E-state index contributed by atoms with van der Waals surface area (Å²) in [5.41, 5.74) is 0.441. The van der Waals surface area contributed by atoms with Gasteiger partial charge in [-0.2, -0.15) is 13.2 Å². The van der Waals surface area contributed by atoms with E-state index in [0.29, 0.717) is 17.0 Å². The van der Waals surface area contributed by atoms with Crippen molar-refractivity contribution in [3.63, 3.8) is 0 Å². The molecule has 0 saturated heterocycles. The molecular weight excluding hydrogens is 333 g/mol. The minimum atomic E-state index is -4.37. The van der Waals surface area contributed by atoms with Crippen LogP contribution in [0.5, 0.6) is 0 Å². The van der Waals surface area contributed by atoms with Crippen LogP contribution in [0.25, 0.3) is 11.7 Å². The molecule has 8 heteroatoms. The first kappa shape index (κ1) is 16.7. The molecule has 5 nitrogen and oxygen atoms in total. The predicted molar refractivity (Wildman–Crippen MR) is 85.3 cm³/mol. The maximum absolute atomic E-state index is 12.5. The summed E-state index contributed by atoms with van der Waals surface area (Å²) in [5, 5.41) is 10.6. The van der Waals surface area contributed by atoms with Crippen LogP contribution in [-0.4, -0.2) is 20.5 Å². The van der Waals surface area contributed by atoms with Crippen molar-refractivity contribution in [3.8, 4) is 0 Å². The number of rotatable bonds is 4. The van der Waals surface area contributed by atoms with Crippen LogP contribution in [0.3, 0.4) is 0 Å². The maximum atomic E-state index is 12.5. The van der Waals surface area contributed by atoms with Crippen LogP contribution < -0.4 is 5.32 Å². The maximum Gasteiger partial charge on any atom is 0.416 e. The van der Waals surface area contributed by atoms with E-state index in [2.05, 4.69) is 15.5 Å². The summed E-state index contributed by atoms with van der Waals surface area (Å²) in [6.07, 6.45) is 0.110. The number of fused-ring (bicyclic) bond motifs is 1. The Balaban J connectivity index is 1.59. The molecule has 25 heavy (non-hydrogen) atoms. The minimum absolute atomic E-state index is 0.182. The Morgan fingerprint density at radius 3 is 2.60 bits per heavy atom. The van der Waals surface area contributed by atoms with Gasteiger partial charge in [-0.1, -0.05) is 18.2 Å². The van der Waals surface area contributed by atoms with Crippen molar-refractivity contribution in [2.45, 2.75) is 12.7 Å². The van der Waals surface area contributed by atoms with Crippen LogP contribution in [-0.2, 0) is 17.5 Å². The van der Waals surface area contributed by atoms with Gasteiger partial charge in [0, 0.05) is 12.3 Å². The smallest absolute Gasteiger partial charge is 0.345 e. The topological polar surface area (TPSA) is 59.3 Å². The summed E-state index contributed by atoms with van der Waals surface area (Å²) in [6, 6.07) is 10.0. The van der Waals surface area contributed by atoms with Gasteiger partial charge >= 0.3 is 6.18 Å². The number of alkyl halides is 3. The molecule has 0 aliphatic rings. The Labute approximate surface area is 140 Å². The lowest BCUT2D eigenvalue weighted by atomic mass is 10.1. The van der Waals surface area contributed by atoms with E-state index in [9.17, 15) is 18.0 Å². The molecule has 0 aliphatic heterocycles. The highest BCUT2D eigenvalue weighted by atomic mass is 19.4. The fraction of sp³-hybridized carbons (Fsp3) is 0.118. The molecule has 0 fully saturated rings. The standard InChI is InChI=1S/C17H13F3N4O/c18-17(19,20)13-7-4-12(5-8-13)6-9-16(25)21-11-15-23-22-14-3-1-2-10-24(14)15/h1-10H,11H2,(H,21,25)/b9-6+. The van der Waals surface area contributed by atoms with Gasteiger partial charge in [0.2, 0.25) is 5.91 Å². The molecule has 128 valence electrons. The molecule has 2 heterocycles. The number of carbonyl (C=O) groups excluding carboxylic acids is 1. The van der Waals surface area contributed by atoms with Crippen LogP contribution in [0.15, 0.2) is 54.7 Å². The Kier molecular flexibility index (Phi) is 4.51. The third kappa shape index (κ3) is 4.03. The second kappa shape index (κ2) is 6.76. The van der Waals surface area contributed by atoms with E-state index < -0.39 is 11.7 Å². The van der Waals surface area contributed by atoms with Crippen LogP contribution in [0.4, 0.5) is 13.2 Å². The highest BCUT2D eigenvalue weighted by Crippen LogP contribution is 2.29. The molecule has 1 amide bonds. The number of amides is 1. The van der Waals surface area contributed by atoms with Gasteiger partial charge in [0.05, 0.1) is 12.1 Å². The average molecular weight is 346 g/mol. The van der Waals surface area contributed by atoms with Crippen LogP contribution in [0.1, 0.15) is 17.0 Å². The van der Waals surface area contributed by atoms with E-state index in [4.69, 9.17) is 0 Å². The minimum Gasteiger partial charge on any atom is -0.345 e. The quantitative estimate of drug-likeness (QED) is 0.739. The Hall–Kier alpha value is -3.16. The number of benzene rings is 1. The summed E-state index contributed by atoms with van der Waals surface area (Å²) < 4.78 is 39.2. The van der Waals surface area contributed by atoms with Crippen molar-refractivity contribution in [1.29, 1.82) is 0 Å². The van der Waals surface area contributed by atoms with E-state index in [1.807, 2.05) is 12.1 Å². The fourth-order valence-electron chi connectivity index (χ4n) is 2.19. The average Bonchev–Trinajstić information content (AvgIpc) is 3.01. The number of carbonyl (C=O) groups is 1. The van der Waals surface area contributed by atoms with Crippen molar-refractivity contribution in [2.75, 3.05) is 0 Å². The molecule has 0 saturated carbocycles. The summed E-state index contributed by atoms with van der Waals surface area (Å²) in [7, 11) is 0. The Morgan fingerprint density at radius 1 is 1.12 bits per heavy atom. The third-order valence-electron chi connectivity index (χ3n) is 3.47. The molecule has 0 radical (unpaired) electrons. The Morgan fingerprint density at radius 2 is 1.88 bits per heavy atom. The van der Waals surface area contributed by atoms with Crippen LogP contribution in [0, 0.1) is 0 Å². The van der Waals surface area contributed by atoms with Crippen molar-refractivity contribution in [2.24, 2.45) is 0 Å². The predicted octanol–water partition coefficient (Wildman–Crippen LogP) is 3.08. The second-order valence-corrected chi connectivity index (χ2v) is 5.22. The van der Waals surface area contributed by atoms with E-state index in [-0.39, 0.29) is 12.5 Å². The molecule has 3 rings (SSSR count). The summed E-state index contributed by atoms with van der Waals surface area (Å²) in [6.45, 7) is 0.182. The number of nitrogens with one attached hydrogen (secondary N) is 1. The van der Waals surface area contributed by atoms with Crippen LogP contribution in [0.2, 0.25) is 0 Å². The largest absolute Gasteiger partial charge is 0.416 e. The van der Waals surface area contributed by atoms with E-state index >= 15 is 0 Å². The van der Waals surface area contributed by atoms with Gasteiger partial charge in [0.25, 0.3) is 0 Å². The first-order chi connectivity index (χ1) is 11.9. The van der Waals surface area contributed by atoms with Gasteiger partial charge in [-0.05, 0) is 35.9 Å². The normalized spacial score (nSPS) is 12.0. The van der Waals surface area contributed by atoms with Crippen LogP contribution >= 0.6 is 0 Å². The molecule has 0 aliphatic carbocycles. The van der Waals surface area contributed by atoms with E-state index in [1.54, 1.807) is 16.7 Å². The highest BCUT2D eigenvalue weighted by molar-refractivity contribution is 5.91. The lowest BCUT2D eigenvalue weighted by Crippen LogP contribution is -2.21. The van der Waals surface area contributed by atoms with Gasteiger partial charge in [-0.15, -0.1) is 10.2 Å². The number of aromatic nitrogens is 3. The molecule has 0 bridgehead atoms. The number of hydrogen-bond acceptors (Lipinski definition) is 3. The lowest BCUT2D eigenvalue weighted by molar-refractivity contribution is -0.137. The second-order valence-electron chi connectivity index (χ2n) is 5.22. The third-order valence-corrected chi connectivity index (χ3v) is 3.47. The fourth-order valence-corrected chi connectivity index (χ4v) is 2.19. The summed E-state index contributed by atoms with van der Waals surface area (Å²) in [4.78, 5) is 11.8. The number of pyridine rings is 1. The molecule has 1 aromatic carbocycles. The molecule has 3 aromatic rings. The van der Waals surface area contributed by atoms with Crippen molar-refractivity contribution in [1.82, 2.24) is 19.9 Å². The molecular formula is C17H13F3N4O. The van der Waals surface area contributed by atoms with Gasteiger partial charge in [0.1, 0.15) is 0 Å². The molecule has 0 unspecified atom stereocenters. The van der Waals surface area contributed by atoms with Gasteiger partial charge < -0.3 is 5.32 Å². The number of hydrogen-bond donors (Lipinski definition) is 1. The lowest BCUT2D eigenvalue weighted by Gasteiger charge is -2.05. The first-order valence-electron chi connectivity index (χ1n) is 7.35. The summed E-state index contributed by atoms with van der Waals surface area (Å²) >= 11 is 0. The van der Waals surface area contributed by atoms with Crippen molar-refractivity contribution in [3.05, 3.63) is 71.7 Å². The molecule has 0 spiro atoms. The zero-order valence-electron chi connectivity index (χ0n) is 12.9. The first-order valence-corrected chi connectivity index (χ1v) is 7.35. The highest BCUT2D eigenvalue weighted by Gasteiger charge is 2.29. The summed E-state index contributed by atoms with van der Waals surface area (Å²) in [5.74, 6) is 0.194.